The Balaban J connectivity index is 3.05. The van der Waals surface area contributed by atoms with Crippen LogP contribution < -0.4 is 10.6 Å². The number of rotatable bonds is 4. The maximum atomic E-state index is 10.6. The van der Waals surface area contributed by atoms with Gasteiger partial charge in [0.2, 0.25) is 0 Å². The fourth-order valence-corrected chi connectivity index (χ4v) is 1.12. The highest BCUT2D eigenvalue weighted by atomic mass is 16.6. The average molecular weight is 210 g/mol. The molecule has 0 aliphatic heterocycles. The molecule has 6 nitrogen and oxygen atoms in total. The largest absolute Gasteiger partial charge is 0.373 e. The highest BCUT2D eigenvalue weighted by Gasteiger charge is 2.10. The molecule has 0 saturated carbocycles. The van der Waals surface area contributed by atoms with Crippen LogP contribution in [0.4, 0.5) is 17.3 Å². The Morgan fingerprint density at radius 1 is 1.40 bits per heavy atom. The molecule has 1 rings (SSSR count). The van der Waals surface area contributed by atoms with Gasteiger partial charge >= 0.3 is 0 Å². The lowest BCUT2D eigenvalue weighted by Crippen LogP contribution is -2.11. The summed E-state index contributed by atoms with van der Waals surface area (Å²) in [7, 11) is 1.67. The molecule has 1 heterocycles. The van der Waals surface area contributed by atoms with Gasteiger partial charge < -0.3 is 10.6 Å². The Bertz CT molecular complexity index is 365. The average Bonchev–Trinajstić information content (AvgIpc) is 2.16. The van der Waals surface area contributed by atoms with E-state index in [0.717, 1.165) is 0 Å². The lowest BCUT2D eigenvalue weighted by Gasteiger charge is -2.09. The molecular formula is C9H14N4O2. The van der Waals surface area contributed by atoms with Crippen molar-refractivity contribution in [2.24, 2.45) is 0 Å². The van der Waals surface area contributed by atoms with E-state index in [4.69, 9.17) is 0 Å². The van der Waals surface area contributed by atoms with Gasteiger partial charge in [0.05, 0.1) is 17.1 Å². The highest BCUT2D eigenvalue weighted by Crippen LogP contribution is 2.20. The van der Waals surface area contributed by atoms with E-state index in [2.05, 4.69) is 15.6 Å². The summed E-state index contributed by atoms with van der Waals surface area (Å²) in [6, 6.07) is 3.00. The highest BCUT2D eigenvalue weighted by molar-refractivity contribution is 5.54. The molecular weight excluding hydrogens is 196 g/mol. The molecule has 1 aromatic heterocycles. The van der Waals surface area contributed by atoms with Crippen molar-refractivity contribution in [2.75, 3.05) is 17.7 Å². The van der Waals surface area contributed by atoms with Crippen LogP contribution in [-0.2, 0) is 0 Å². The van der Waals surface area contributed by atoms with E-state index in [1.54, 1.807) is 7.05 Å². The van der Waals surface area contributed by atoms with Crippen molar-refractivity contribution in [1.29, 1.82) is 0 Å². The van der Waals surface area contributed by atoms with Crippen LogP contribution in [-0.4, -0.2) is 23.0 Å². The third kappa shape index (κ3) is 3.08. The lowest BCUT2D eigenvalue weighted by molar-refractivity contribution is -0.384. The molecule has 0 aliphatic carbocycles. The summed E-state index contributed by atoms with van der Waals surface area (Å²) in [5, 5.41) is 16.4. The fourth-order valence-electron chi connectivity index (χ4n) is 1.12. The summed E-state index contributed by atoms with van der Waals surface area (Å²) in [6.45, 7) is 3.89. The van der Waals surface area contributed by atoms with Crippen LogP contribution in [0.5, 0.6) is 0 Å². The van der Waals surface area contributed by atoms with Crippen molar-refractivity contribution in [1.82, 2.24) is 4.98 Å². The first kappa shape index (κ1) is 11.2. The Hall–Kier alpha value is -1.85. The second kappa shape index (κ2) is 4.59. The van der Waals surface area contributed by atoms with Crippen LogP contribution in [0.1, 0.15) is 13.8 Å². The Labute approximate surface area is 87.9 Å². The van der Waals surface area contributed by atoms with Crippen LogP contribution in [0.25, 0.3) is 0 Å². The summed E-state index contributed by atoms with van der Waals surface area (Å²) in [4.78, 5) is 14.3. The smallest absolute Gasteiger partial charge is 0.276 e. The quantitative estimate of drug-likeness (QED) is 0.585. The predicted molar refractivity (Wildman–Crippen MR) is 59.2 cm³/mol. The fraction of sp³-hybridized carbons (Fsp3) is 0.444. The van der Waals surface area contributed by atoms with E-state index in [0.29, 0.717) is 11.6 Å². The van der Waals surface area contributed by atoms with Crippen LogP contribution in [0.2, 0.25) is 0 Å². The van der Waals surface area contributed by atoms with Gasteiger partial charge in [-0.05, 0) is 13.8 Å². The number of aromatic nitrogens is 1. The molecule has 1 aromatic rings. The molecule has 0 radical (unpaired) electrons. The lowest BCUT2D eigenvalue weighted by atomic mass is 10.3. The van der Waals surface area contributed by atoms with Crippen molar-refractivity contribution in [3.05, 3.63) is 22.2 Å². The maximum Gasteiger partial charge on any atom is 0.276 e. The Morgan fingerprint density at radius 2 is 2.00 bits per heavy atom. The van der Waals surface area contributed by atoms with Gasteiger partial charge in [0.25, 0.3) is 5.69 Å². The third-order valence-electron chi connectivity index (χ3n) is 1.71. The molecule has 0 saturated heterocycles. The van der Waals surface area contributed by atoms with E-state index >= 15 is 0 Å². The number of nitro groups is 1. The molecule has 0 bridgehead atoms. The standard InChI is InChI=1S/C9H14N4O2/c1-6(2)11-9-5-7(13(14)15)4-8(10-3)12-9/h4-6H,1-3H3,(H2,10,11,12). The first-order valence-corrected chi connectivity index (χ1v) is 4.63. The summed E-state index contributed by atoms with van der Waals surface area (Å²) < 4.78 is 0. The van der Waals surface area contributed by atoms with Crippen LogP contribution in [0.15, 0.2) is 12.1 Å². The molecule has 2 N–H and O–H groups in total. The minimum Gasteiger partial charge on any atom is -0.373 e. The van der Waals surface area contributed by atoms with E-state index in [9.17, 15) is 10.1 Å². The second-order valence-electron chi connectivity index (χ2n) is 3.40. The summed E-state index contributed by atoms with van der Waals surface area (Å²) in [5.41, 5.74) is 0.0255. The van der Waals surface area contributed by atoms with Gasteiger partial charge in [-0.1, -0.05) is 0 Å². The molecule has 0 amide bonds. The van der Waals surface area contributed by atoms with E-state index in [1.165, 1.54) is 12.1 Å². The molecule has 15 heavy (non-hydrogen) atoms. The van der Waals surface area contributed by atoms with Gasteiger partial charge in [-0.2, -0.15) is 0 Å². The zero-order chi connectivity index (χ0) is 11.4. The number of nitrogens with one attached hydrogen (secondary N) is 2. The Morgan fingerprint density at radius 3 is 2.47 bits per heavy atom. The topological polar surface area (TPSA) is 80.1 Å². The first-order valence-electron chi connectivity index (χ1n) is 4.63. The van der Waals surface area contributed by atoms with Crippen molar-refractivity contribution >= 4 is 17.3 Å². The molecule has 0 aromatic carbocycles. The predicted octanol–water partition coefficient (Wildman–Crippen LogP) is 1.85. The van der Waals surface area contributed by atoms with Crippen LogP contribution in [0, 0.1) is 10.1 Å². The van der Waals surface area contributed by atoms with Gasteiger partial charge in [-0.3, -0.25) is 10.1 Å². The maximum absolute atomic E-state index is 10.6. The third-order valence-corrected chi connectivity index (χ3v) is 1.71. The number of anilines is 2. The molecule has 82 valence electrons. The monoisotopic (exact) mass is 210 g/mol. The molecule has 0 atom stereocenters. The minimum atomic E-state index is -0.436. The van der Waals surface area contributed by atoms with Crippen molar-refractivity contribution in [3.63, 3.8) is 0 Å². The summed E-state index contributed by atoms with van der Waals surface area (Å²) >= 11 is 0. The van der Waals surface area contributed by atoms with Gasteiger partial charge in [0, 0.05) is 13.1 Å². The minimum absolute atomic E-state index is 0.0255. The zero-order valence-corrected chi connectivity index (χ0v) is 8.94. The second-order valence-corrected chi connectivity index (χ2v) is 3.40. The molecule has 0 fully saturated rings. The molecule has 0 unspecified atom stereocenters. The normalized spacial score (nSPS) is 10.1. The van der Waals surface area contributed by atoms with Crippen molar-refractivity contribution in [3.8, 4) is 0 Å². The van der Waals surface area contributed by atoms with Crippen LogP contribution >= 0.6 is 0 Å². The number of hydrogen-bond donors (Lipinski definition) is 2. The van der Waals surface area contributed by atoms with Gasteiger partial charge in [0.15, 0.2) is 0 Å². The molecule has 0 aliphatic rings. The van der Waals surface area contributed by atoms with Crippen molar-refractivity contribution < 1.29 is 4.92 Å². The van der Waals surface area contributed by atoms with E-state index < -0.39 is 4.92 Å². The van der Waals surface area contributed by atoms with Gasteiger partial charge in [-0.25, -0.2) is 4.98 Å². The number of nitrogens with zero attached hydrogens (tertiary/aromatic N) is 2. The SMILES string of the molecule is CNc1cc([N+](=O)[O-])cc(NC(C)C)n1. The zero-order valence-electron chi connectivity index (χ0n) is 8.94. The van der Waals surface area contributed by atoms with Crippen molar-refractivity contribution in [2.45, 2.75) is 19.9 Å². The first-order chi connectivity index (χ1) is 7.02. The van der Waals surface area contributed by atoms with Gasteiger partial charge in [-0.15, -0.1) is 0 Å². The van der Waals surface area contributed by atoms with E-state index in [-0.39, 0.29) is 11.7 Å². The number of pyridine rings is 1. The Kier molecular flexibility index (Phi) is 3.43. The van der Waals surface area contributed by atoms with E-state index in [1.807, 2.05) is 13.8 Å². The van der Waals surface area contributed by atoms with Gasteiger partial charge in [0.1, 0.15) is 11.6 Å². The molecule has 0 spiro atoms. The number of hydrogen-bond acceptors (Lipinski definition) is 5. The van der Waals surface area contributed by atoms with Crippen LogP contribution in [0.3, 0.4) is 0 Å². The summed E-state index contributed by atoms with van der Waals surface area (Å²) in [5.74, 6) is 0.982. The molecule has 6 heteroatoms. The summed E-state index contributed by atoms with van der Waals surface area (Å²) in [6.07, 6.45) is 0.